The molecule has 2 aromatic rings. The summed E-state index contributed by atoms with van der Waals surface area (Å²) in [7, 11) is 0. The number of aryl methyl sites for hydroxylation is 1. The molecular weight excluding hydrogens is 270 g/mol. The van der Waals surface area contributed by atoms with Crippen LogP contribution in [0.2, 0.25) is 0 Å². The van der Waals surface area contributed by atoms with Gasteiger partial charge >= 0.3 is 0 Å². The third kappa shape index (κ3) is 2.42. The summed E-state index contributed by atoms with van der Waals surface area (Å²) in [4.78, 5) is 2.79. The summed E-state index contributed by atoms with van der Waals surface area (Å²) in [5.74, 6) is -1.21. The number of hydrogen-bond donors (Lipinski definition) is 1. The average molecular weight is 284 g/mol. The summed E-state index contributed by atoms with van der Waals surface area (Å²) in [5.41, 5.74) is 0.735. The monoisotopic (exact) mass is 284 g/mol. The van der Waals surface area contributed by atoms with E-state index in [1.807, 2.05) is 0 Å². The number of aromatic nitrogens is 2. The van der Waals surface area contributed by atoms with Gasteiger partial charge in [0.15, 0.2) is 10.6 Å². The van der Waals surface area contributed by atoms with Crippen LogP contribution in [0.5, 0.6) is 0 Å². The minimum Gasteiger partial charge on any atom is -0.378 e. The van der Waals surface area contributed by atoms with Gasteiger partial charge in [-0.1, -0.05) is 0 Å². The third-order valence-electron chi connectivity index (χ3n) is 3.50. The highest BCUT2D eigenvalue weighted by molar-refractivity contribution is 7.71. The first-order valence-corrected chi connectivity index (χ1v) is 6.75. The van der Waals surface area contributed by atoms with Crippen molar-refractivity contribution in [3.8, 4) is 0 Å². The maximum Gasteiger partial charge on any atom is 0.178 e. The molecule has 1 unspecified atom stereocenters. The van der Waals surface area contributed by atoms with Crippen molar-refractivity contribution in [1.82, 2.24) is 9.55 Å². The molecule has 19 heavy (non-hydrogen) atoms. The predicted molar refractivity (Wildman–Crippen MR) is 70.6 cm³/mol. The van der Waals surface area contributed by atoms with E-state index in [0.29, 0.717) is 16.8 Å². The Bertz CT molecular complexity index is 658. The highest BCUT2D eigenvalue weighted by Crippen LogP contribution is 2.22. The molecule has 1 saturated heterocycles. The predicted octanol–water partition coefficient (Wildman–Crippen LogP) is 3.55. The van der Waals surface area contributed by atoms with Gasteiger partial charge in [-0.05, 0) is 37.5 Å². The van der Waals surface area contributed by atoms with Crippen LogP contribution in [-0.2, 0) is 11.3 Å². The molecule has 2 heterocycles. The molecule has 1 aromatic heterocycles. The Morgan fingerprint density at radius 3 is 3.00 bits per heavy atom. The Hall–Kier alpha value is -1.27. The largest absolute Gasteiger partial charge is 0.378 e. The van der Waals surface area contributed by atoms with Gasteiger partial charge < -0.3 is 14.3 Å². The van der Waals surface area contributed by atoms with E-state index in [2.05, 4.69) is 4.98 Å². The summed E-state index contributed by atoms with van der Waals surface area (Å²) in [5, 5.41) is 0. The lowest BCUT2D eigenvalue weighted by atomic mass is 10.2. The zero-order chi connectivity index (χ0) is 13.4. The second-order valence-electron chi connectivity index (χ2n) is 4.79. The number of aromatic amines is 1. The molecule has 0 spiro atoms. The van der Waals surface area contributed by atoms with Gasteiger partial charge in [-0.15, -0.1) is 0 Å². The first kappa shape index (κ1) is 12.7. The average Bonchev–Trinajstić information content (AvgIpc) is 2.95. The number of H-pyrrole nitrogens is 1. The zero-order valence-electron chi connectivity index (χ0n) is 10.3. The lowest BCUT2D eigenvalue weighted by Crippen LogP contribution is -2.10. The van der Waals surface area contributed by atoms with E-state index in [9.17, 15) is 8.78 Å². The van der Waals surface area contributed by atoms with E-state index in [1.165, 1.54) is 6.07 Å². The minimum atomic E-state index is -0.614. The summed E-state index contributed by atoms with van der Waals surface area (Å²) in [6.45, 7) is 1.40. The molecule has 1 aromatic carbocycles. The SMILES string of the molecule is Fc1cc(F)c2[nH]c(=S)n(CCC3CCCO3)c2c1. The standard InChI is InChI=1S/C13H14F2N2OS/c14-8-6-10(15)12-11(7-8)17(13(19)16-12)4-3-9-2-1-5-18-9/h6-7,9H,1-5H2,(H,16,19). The second-order valence-corrected chi connectivity index (χ2v) is 5.17. The normalized spacial score (nSPS) is 19.4. The molecule has 1 aliphatic heterocycles. The molecule has 0 aliphatic carbocycles. The highest BCUT2D eigenvalue weighted by atomic mass is 32.1. The molecule has 0 saturated carbocycles. The Morgan fingerprint density at radius 2 is 2.26 bits per heavy atom. The minimum absolute atomic E-state index is 0.227. The van der Waals surface area contributed by atoms with Crippen molar-refractivity contribution >= 4 is 23.3 Å². The molecule has 6 heteroatoms. The van der Waals surface area contributed by atoms with Crippen LogP contribution in [0.1, 0.15) is 19.3 Å². The number of hydrogen-bond acceptors (Lipinski definition) is 2. The maximum atomic E-state index is 13.6. The fraction of sp³-hybridized carbons (Fsp3) is 0.462. The number of nitrogens with zero attached hydrogens (tertiary/aromatic N) is 1. The fourth-order valence-electron chi connectivity index (χ4n) is 2.55. The number of benzene rings is 1. The molecule has 1 fully saturated rings. The van der Waals surface area contributed by atoms with Crippen molar-refractivity contribution in [2.45, 2.75) is 31.9 Å². The van der Waals surface area contributed by atoms with E-state index in [0.717, 1.165) is 31.9 Å². The molecule has 102 valence electrons. The molecular formula is C13H14F2N2OS. The van der Waals surface area contributed by atoms with Crippen molar-refractivity contribution in [2.24, 2.45) is 0 Å². The van der Waals surface area contributed by atoms with Gasteiger partial charge in [0.25, 0.3) is 0 Å². The van der Waals surface area contributed by atoms with Crippen molar-refractivity contribution in [1.29, 1.82) is 0 Å². The number of rotatable bonds is 3. The molecule has 0 amide bonds. The molecule has 3 rings (SSSR count). The Balaban J connectivity index is 1.93. The Kier molecular flexibility index (Phi) is 3.36. The van der Waals surface area contributed by atoms with Gasteiger partial charge in [0.1, 0.15) is 11.3 Å². The summed E-state index contributed by atoms with van der Waals surface area (Å²) in [6.07, 6.45) is 3.15. The van der Waals surface area contributed by atoms with Gasteiger partial charge in [0.2, 0.25) is 0 Å². The number of nitrogens with one attached hydrogen (secondary N) is 1. The van der Waals surface area contributed by atoms with Gasteiger partial charge in [-0.3, -0.25) is 0 Å². The molecule has 0 bridgehead atoms. The van der Waals surface area contributed by atoms with Gasteiger partial charge in [-0.2, -0.15) is 0 Å². The lowest BCUT2D eigenvalue weighted by molar-refractivity contribution is 0.101. The Morgan fingerprint density at radius 1 is 1.42 bits per heavy atom. The highest BCUT2D eigenvalue weighted by Gasteiger charge is 2.17. The summed E-state index contributed by atoms with van der Waals surface area (Å²) < 4.78 is 34.6. The van der Waals surface area contributed by atoms with Gasteiger partial charge in [0, 0.05) is 19.2 Å². The molecule has 1 aliphatic rings. The quantitative estimate of drug-likeness (QED) is 0.874. The number of halogens is 2. The van der Waals surface area contributed by atoms with Crippen LogP contribution in [-0.4, -0.2) is 22.3 Å². The molecule has 1 atom stereocenters. The van der Waals surface area contributed by atoms with Crippen LogP contribution >= 0.6 is 12.2 Å². The second kappa shape index (κ2) is 5.02. The van der Waals surface area contributed by atoms with Gasteiger partial charge in [0.05, 0.1) is 11.6 Å². The number of fused-ring (bicyclic) bond motifs is 1. The van der Waals surface area contributed by atoms with Crippen LogP contribution in [0.25, 0.3) is 11.0 Å². The molecule has 0 radical (unpaired) electrons. The van der Waals surface area contributed by atoms with E-state index >= 15 is 0 Å². The van der Waals surface area contributed by atoms with Crippen molar-refractivity contribution < 1.29 is 13.5 Å². The van der Waals surface area contributed by atoms with Crippen molar-refractivity contribution in [3.05, 3.63) is 28.5 Å². The number of ether oxygens (including phenoxy) is 1. The van der Waals surface area contributed by atoms with E-state index in [-0.39, 0.29) is 11.6 Å². The molecule has 3 nitrogen and oxygen atoms in total. The topological polar surface area (TPSA) is 29.9 Å². The summed E-state index contributed by atoms with van der Waals surface area (Å²) in [6, 6.07) is 2.16. The van der Waals surface area contributed by atoms with Crippen molar-refractivity contribution in [2.75, 3.05) is 6.61 Å². The zero-order valence-corrected chi connectivity index (χ0v) is 11.1. The number of imidazole rings is 1. The summed E-state index contributed by atoms with van der Waals surface area (Å²) >= 11 is 5.17. The van der Waals surface area contributed by atoms with Crippen LogP contribution < -0.4 is 0 Å². The fourth-order valence-corrected chi connectivity index (χ4v) is 2.84. The van der Waals surface area contributed by atoms with E-state index in [4.69, 9.17) is 17.0 Å². The van der Waals surface area contributed by atoms with E-state index in [1.54, 1.807) is 4.57 Å². The Labute approximate surface area is 114 Å². The first-order valence-electron chi connectivity index (χ1n) is 6.34. The van der Waals surface area contributed by atoms with Crippen LogP contribution in [0.3, 0.4) is 0 Å². The third-order valence-corrected chi connectivity index (χ3v) is 3.82. The van der Waals surface area contributed by atoms with Gasteiger partial charge in [-0.25, -0.2) is 8.78 Å². The maximum absolute atomic E-state index is 13.6. The van der Waals surface area contributed by atoms with Crippen LogP contribution in [0, 0.1) is 16.4 Å². The smallest absolute Gasteiger partial charge is 0.178 e. The van der Waals surface area contributed by atoms with Crippen LogP contribution in [0.15, 0.2) is 12.1 Å². The van der Waals surface area contributed by atoms with E-state index < -0.39 is 11.6 Å². The van der Waals surface area contributed by atoms with Crippen LogP contribution in [0.4, 0.5) is 8.78 Å². The lowest BCUT2D eigenvalue weighted by Gasteiger charge is -2.10. The molecule has 1 N–H and O–H groups in total. The first-order chi connectivity index (χ1) is 9.15. The van der Waals surface area contributed by atoms with Crippen molar-refractivity contribution in [3.63, 3.8) is 0 Å².